The van der Waals surface area contributed by atoms with Gasteiger partial charge in [-0.05, 0) is 24.3 Å². The van der Waals surface area contributed by atoms with Crippen molar-refractivity contribution in [3.8, 4) is 17.2 Å². The van der Waals surface area contributed by atoms with Gasteiger partial charge < -0.3 is 14.2 Å². The summed E-state index contributed by atoms with van der Waals surface area (Å²) in [5.74, 6) is 2.21. The Morgan fingerprint density at radius 2 is 1.82 bits per heavy atom. The fraction of sp³-hybridized carbons (Fsp3) is 0.250. The summed E-state index contributed by atoms with van der Waals surface area (Å²) < 4.78 is 15.9. The first-order valence-corrected chi connectivity index (χ1v) is 5.27. The molecular weight excluding hydrogens is 220 g/mol. The highest BCUT2D eigenvalue weighted by atomic mass is 16.5. The van der Waals surface area contributed by atoms with Crippen LogP contribution in [0.1, 0.15) is 0 Å². The van der Waals surface area contributed by atoms with Crippen LogP contribution in [-0.4, -0.2) is 30.5 Å². The van der Waals surface area contributed by atoms with Gasteiger partial charge in [0.05, 0.1) is 19.0 Å². The number of aromatic amines is 1. The smallest absolute Gasteiger partial charge is 0.165 e. The number of aromatic nitrogens is 2. The first kappa shape index (κ1) is 11.5. The maximum absolute atomic E-state index is 5.52. The Morgan fingerprint density at radius 1 is 1.06 bits per heavy atom. The van der Waals surface area contributed by atoms with Crippen molar-refractivity contribution in [2.75, 3.05) is 20.3 Å². The second-order valence-corrected chi connectivity index (χ2v) is 3.35. The van der Waals surface area contributed by atoms with Crippen LogP contribution in [0.2, 0.25) is 0 Å². The fourth-order valence-corrected chi connectivity index (χ4v) is 1.28. The minimum Gasteiger partial charge on any atom is -0.491 e. The molecule has 0 unspecified atom stereocenters. The molecule has 17 heavy (non-hydrogen) atoms. The van der Waals surface area contributed by atoms with Gasteiger partial charge in [-0.25, -0.2) is 0 Å². The molecule has 90 valence electrons. The standard InChI is InChI=1S/C12H14N2O3/c1-15-6-7-16-10-2-4-11(5-3-10)17-12-8-13-14-9-12/h2-5,8-9H,6-7H2,1H3,(H,13,14). The van der Waals surface area contributed by atoms with E-state index in [-0.39, 0.29) is 0 Å². The van der Waals surface area contributed by atoms with Crippen molar-refractivity contribution < 1.29 is 14.2 Å². The monoisotopic (exact) mass is 234 g/mol. The van der Waals surface area contributed by atoms with E-state index >= 15 is 0 Å². The molecule has 0 aliphatic carbocycles. The highest BCUT2D eigenvalue weighted by Crippen LogP contribution is 2.22. The van der Waals surface area contributed by atoms with E-state index in [1.165, 1.54) is 0 Å². The largest absolute Gasteiger partial charge is 0.491 e. The molecular formula is C12H14N2O3. The van der Waals surface area contributed by atoms with Gasteiger partial charge in [0.1, 0.15) is 18.1 Å². The third kappa shape index (κ3) is 3.49. The zero-order valence-electron chi connectivity index (χ0n) is 9.55. The molecule has 0 aliphatic heterocycles. The van der Waals surface area contributed by atoms with Crippen molar-refractivity contribution in [1.82, 2.24) is 10.2 Å². The summed E-state index contributed by atoms with van der Waals surface area (Å²) in [5, 5.41) is 6.48. The molecule has 0 aliphatic rings. The van der Waals surface area contributed by atoms with Gasteiger partial charge in [-0.15, -0.1) is 0 Å². The number of methoxy groups -OCH3 is 1. The highest BCUT2D eigenvalue weighted by Gasteiger charge is 1.99. The second-order valence-electron chi connectivity index (χ2n) is 3.35. The van der Waals surface area contributed by atoms with Crippen LogP contribution < -0.4 is 9.47 Å². The Morgan fingerprint density at radius 3 is 2.47 bits per heavy atom. The van der Waals surface area contributed by atoms with Crippen LogP contribution in [0.5, 0.6) is 17.2 Å². The number of nitrogens with one attached hydrogen (secondary N) is 1. The molecule has 0 amide bonds. The van der Waals surface area contributed by atoms with Crippen LogP contribution in [0.25, 0.3) is 0 Å². The van der Waals surface area contributed by atoms with E-state index in [2.05, 4.69) is 10.2 Å². The Bertz CT molecular complexity index is 426. The number of rotatable bonds is 6. The number of H-pyrrole nitrogens is 1. The summed E-state index contributed by atoms with van der Waals surface area (Å²) in [7, 11) is 1.64. The van der Waals surface area contributed by atoms with Gasteiger partial charge in [0.25, 0.3) is 0 Å². The van der Waals surface area contributed by atoms with Gasteiger partial charge in [-0.3, -0.25) is 5.10 Å². The maximum Gasteiger partial charge on any atom is 0.165 e. The molecule has 5 nitrogen and oxygen atoms in total. The molecule has 1 N–H and O–H groups in total. The van der Waals surface area contributed by atoms with Gasteiger partial charge in [-0.1, -0.05) is 0 Å². The van der Waals surface area contributed by atoms with Crippen LogP contribution in [0.4, 0.5) is 0 Å². The Kier molecular flexibility index (Phi) is 3.99. The molecule has 2 rings (SSSR count). The number of ether oxygens (including phenoxy) is 3. The van der Waals surface area contributed by atoms with Crippen molar-refractivity contribution in [3.63, 3.8) is 0 Å². The SMILES string of the molecule is COCCOc1ccc(Oc2cn[nH]c2)cc1. The lowest BCUT2D eigenvalue weighted by Crippen LogP contribution is -2.03. The molecule has 0 spiro atoms. The van der Waals surface area contributed by atoms with Crippen molar-refractivity contribution >= 4 is 0 Å². The summed E-state index contributed by atoms with van der Waals surface area (Å²) in [6, 6.07) is 7.39. The minimum absolute atomic E-state index is 0.540. The van der Waals surface area contributed by atoms with E-state index in [1.54, 1.807) is 19.5 Å². The van der Waals surface area contributed by atoms with Crippen LogP contribution in [0.3, 0.4) is 0 Å². The molecule has 0 atom stereocenters. The summed E-state index contributed by atoms with van der Waals surface area (Å²) >= 11 is 0. The van der Waals surface area contributed by atoms with Gasteiger partial charge in [-0.2, -0.15) is 5.10 Å². The van der Waals surface area contributed by atoms with Crippen LogP contribution in [0, 0.1) is 0 Å². The molecule has 0 saturated heterocycles. The quantitative estimate of drug-likeness (QED) is 0.779. The Hall–Kier alpha value is -2.01. The number of hydrogen-bond acceptors (Lipinski definition) is 4. The lowest BCUT2D eigenvalue weighted by Gasteiger charge is -2.06. The molecule has 1 aromatic heterocycles. The third-order valence-electron chi connectivity index (χ3n) is 2.09. The van der Waals surface area contributed by atoms with E-state index in [0.717, 1.165) is 11.5 Å². The molecule has 1 aromatic carbocycles. The van der Waals surface area contributed by atoms with Crippen LogP contribution in [0.15, 0.2) is 36.7 Å². The van der Waals surface area contributed by atoms with E-state index in [1.807, 2.05) is 24.3 Å². The van der Waals surface area contributed by atoms with Gasteiger partial charge >= 0.3 is 0 Å². The van der Waals surface area contributed by atoms with Crippen molar-refractivity contribution in [1.29, 1.82) is 0 Å². The van der Waals surface area contributed by atoms with Gasteiger partial charge in [0.15, 0.2) is 5.75 Å². The second kappa shape index (κ2) is 5.91. The average molecular weight is 234 g/mol. The summed E-state index contributed by atoms with van der Waals surface area (Å²) in [6.45, 7) is 1.12. The first-order valence-electron chi connectivity index (χ1n) is 5.27. The molecule has 0 fully saturated rings. The Labute approximate surface area is 99.3 Å². The topological polar surface area (TPSA) is 56.4 Å². The summed E-state index contributed by atoms with van der Waals surface area (Å²) in [5.41, 5.74) is 0. The van der Waals surface area contributed by atoms with Crippen molar-refractivity contribution in [2.45, 2.75) is 0 Å². The van der Waals surface area contributed by atoms with E-state index < -0.39 is 0 Å². The maximum atomic E-state index is 5.52. The van der Waals surface area contributed by atoms with E-state index in [0.29, 0.717) is 19.0 Å². The van der Waals surface area contributed by atoms with E-state index in [9.17, 15) is 0 Å². The average Bonchev–Trinajstić information content (AvgIpc) is 2.85. The lowest BCUT2D eigenvalue weighted by molar-refractivity contribution is 0.146. The molecule has 0 bridgehead atoms. The van der Waals surface area contributed by atoms with Gasteiger partial charge in [0, 0.05) is 7.11 Å². The minimum atomic E-state index is 0.540. The summed E-state index contributed by atoms with van der Waals surface area (Å²) in [4.78, 5) is 0. The predicted molar refractivity (Wildman–Crippen MR) is 62.5 cm³/mol. The van der Waals surface area contributed by atoms with Crippen LogP contribution >= 0.6 is 0 Å². The number of nitrogens with zero attached hydrogens (tertiary/aromatic N) is 1. The third-order valence-corrected chi connectivity index (χ3v) is 2.09. The van der Waals surface area contributed by atoms with Crippen molar-refractivity contribution in [2.24, 2.45) is 0 Å². The molecule has 2 aromatic rings. The molecule has 1 heterocycles. The fourth-order valence-electron chi connectivity index (χ4n) is 1.28. The zero-order chi connectivity index (χ0) is 11.9. The lowest BCUT2D eigenvalue weighted by atomic mass is 10.3. The predicted octanol–water partition coefficient (Wildman–Crippen LogP) is 2.23. The number of hydrogen-bond donors (Lipinski definition) is 1. The van der Waals surface area contributed by atoms with Gasteiger partial charge in [0.2, 0.25) is 0 Å². The molecule has 5 heteroatoms. The molecule has 0 saturated carbocycles. The molecule has 0 radical (unpaired) electrons. The first-order chi connectivity index (χ1) is 8.38. The normalized spacial score (nSPS) is 10.2. The van der Waals surface area contributed by atoms with E-state index in [4.69, 9.17) is 14.2 Å². The van der Waals surface area contributed by atoms with Crippen molar-refractivity contribution in [3.05, 3.63) is 36.7 Å². The summed E-state index contributed by atoms with van der Waals surface area (Å²) in [6.07, 6.45) is 3.30. The highest BCUT2D eigenvalue weighted by molar-refractivity contribution is 5.33. The van der Waals surface area contributed by atoms with Crippen LogP contribution in [-0.2, 0) is 4.74 Å². The number of benzene rings is 1. The zero-order valence-corrected chi connectivity index (χ0v) is 9.55. The Balaban J connectivity index is 1.89.